The number of ether oxygens (including phenoxy) is 1. The Labute approximate surface area is 95.6 Å². The molecule has 5 nitrogen and oxygen atoms in total. The smallest absolute Gasteiger partial charge is 0.306 e. The fraction of sp³-hybridized carbons (Fsp3) is 0.818. The first-order valence-corrected chi connectivity index (χ1v) is 5.65. The van der Waals surface area contributed by atoms with Crippen molar-refractivity contribution in [3.63, 3.8) is 0 Å². The molecular weight excluding hydrogens is 208 g/mol. The van der Waals surface area contributed by atoms with Gasteiger partial charge in [-0.25, -0.2) is 0 Å². The average Bonchev–Trinajstić information content (AvgIpc) is 2.24. The van der Waals surface area contributed by atoms with Gasteiger partial charge in [-0.1, -0.05) is 0 Å². The molecule has 16 heavy (non-hydrogen) atoms. The Balaban J connectivity index is 2.17. The molecule has 0 aromatic heterocycles. The minimum absolute atomic E-state index is 0.0781. The Morgan fingerprint density at radius 1 is 1.56 bits per heavy atom. The number of hydrogen-bond donors (Lipinski definition) is 1. The summed E-state index contributed by atoms with van der Waals surface area (Å²) < 4.78 is 5.37. The van der Waals surface area contributed by atoms with Crippen LogP contribution >= 0.6 is 0 Å². The number of morpholine rings is 1. The van der Waals surface area contributed by atoms with Crippen LogP contribution in [0.3, 0.4) is 0 Å². The van der Waals surface area contributed by atoms with Crippen LogP contribution in [0.4, 0.5) is 0 Å². The molecule has 0 bridgehead atoms. The van der Waals surface area contributed by atoms with Crippen LogP contribution in [0, 0.1) is 11.3 Å². The maximum atomic E-state index is 10.5. The van der Waals surface area contributed by atoms with Crippen LogP contribution in [-0.4, -0.2) is 48.3 Å². The molecule has 1 N–H and O–H groups in total. The van der Waals surface area contributed by atoms with E-state index in [-0.39, 0.29) is 12.5 Å². The summed E-state index contributed by atoms with van der Waals surface area (Å²) in [5.74, 6) is -0.809. The molecule has 1 atom stereocenters. The van der Waals surface area contributed by atoms with Crippen molar-refractivity contribution in [2.24, 2.45) is 0 Å². The molecule has 0 radical (unpaired) electrons. The second-order valence-corrected chi connectivity index (χ2v) is 4.01. The molecule has 0 saturated carbocycles. The molecule has 0 aromatic carbocycles. The molecule has 1 fully saturated rings. The molecule has 1 rings (SSSR count). The van der Waals surface area contributed by atoms with E-state index in [1.165, 1.54) is 0 Å². The number of aliphatic carboxylic acids is 1. The van der Waals surface area contributed by atoms with E-state index >= 15 is 0 Å². The quantitative estimate of drug-likeness (QED) is 0.680. The summed E-state index contributed by atoms with van der Waals surface area (Å²) in [6, 6.07) is 2.12. The molecule has 0 aliphatic carbocycles. The van der Waals surface area contributed by atoms with Gasteiger partial charge in [-0.3, -0.25) is 9.69 Å². The molecule has 5 heteroatoms. The fourth-order valence-electron chi connectivity index (χ4n) is 1.84. The van der Waals surface area contributed by atoms with Crippen molar-refractivity contribution in [1.29, 1.82) is 5.26 Å². The zero-order valence-electron chi connectivity index (χ0n) is 9.39. The van der Waals surface area contributed by atoms with Crippen LogP contribution in [0.25, 0.3) is 0 Å². The highest BCUT2D eigenvalue weighted by Crippen LogP contribution is 2.09. The van der Waals surface area contributed by atoms with Gasteiger partial charge in [0.2, 0.25) is 0 Å². The normalized spacial score (nSPS) is 21.6. The maximum absolute atomic E-state index is 10.5. The number of carboxylic acids is 1. The predicted octanol–water partition coefficient (Wildman–Crippen LogP) is 0.856. The van der Waals surface area contributed by atoms with Crippen molar-refractivity contribution in [3.05, 3.63) is 0 Å². The topological polar surface area (TPSA) is 73.6 Å². The predicted molar refractivity (Wildman–Crippen MR) is 57.9 cm³/mol. The van der Waals surface area contributed by atoms with Gasteiger partial charge in [0.15, 0.2) is 0 Å². The number of carbonyl (C=O) groups is 1. The second kappa shape index (κ2) is 7.20. The van der Waals surface area contributed by atoms with E-state index in [1.807, 2.05) is 0 Å². The highest BCUT2D eigenvalue weighted by Gasteiger charge is 2.21. The number of rotatable bonds is 6. The summed E-state index contributed by atoms with van der Waals surface area (Å²) in [6.45, 7) is 3.10. The maximum Gasteiger partial charge on any atom is 0.306 e. The molecule has 0 amide bonds. The van der Waals surface area contributed by atoms with Crippen LogP contribution < -0.4 is 0 Å². The van der Waals surface area contributed by atoms with Crippen LogP contribution in [0.2, 0.25) is 0 Å². The van der Waals surface area contributed by atoms with E-state index in [9.17, 15) is 4.79 Å². The van der Waals surface area contributed by atoms with Gasteiger partial charge in [-0.2, -0.15) is 5.26 Å². The summed E-state index contributed by atoms with van der Waals surface area (Å²) in [4.78, 5) is 12.8. The molecule has 1 aliphatic heterocycles. The molecular formula is C11H18N2O3. The summed E-state index contributed by atoms with van der Waals surface area (Å²) in [6.07, 6.45) is 2.41. The van der Waals surface area contributed by atoms with Crippen LogP contribution in [-0.2, 0) is 9.53 Å². The Kier molecular flexibility index (Phi) is 5.83. The summed E-state index contributed by atoms with van der Waals surface area (Å²) in [5.41, 5.74) is 0. The number of nitriles is 1. The van der Waals surface area contributed by atoms with E-state index in [4.69, 9.17) is 15.1 Å². The van der Waals surface area contributed by atoms with E-state index in [2.05, 4.69) is 11.0 Å². The van der Waals surface area contributed by atoms with Crippen LogP contribution in [0.1, 0.15) is 25.7 Å². The third kappa shape index (κ3) is 5.10. The molecule has 1 heterocycles. The Morgan fingerprint density at radius 3 is 3.06 bits per heavy atom. The first kappa shape index (κ1) is 12.9. The summed E-state index contributed by atoms with van der Waals surface area (Å²) >= 11 is 0. The Bertz CT molecular complexity index is 262. The number of carboxylic acid groups (broad SMARTS) is 1. The lowest BCUT2D eigenvalue weighted by molar-refractivity contribution is -0.142. The van der Waals surface area contributed by atoms with Crippen molar-refractivity contribution in [1.82, 2.24) is 4.90 Å². The monoisotopic (exact) mass is 226 g/mol. The molecule has 1 unspecified atom stereocenters. The molecule has 1 aliphatic rings. The molecule has 0 aromatic rings. The molecule has 0 spiro atoms. The second-order valence-electron chi connectivity index (χ2n) is 4.01. The number of nitrogens with zero attached hydrogens (tertiary/aromatic N) is 2. The van der Waals surface area contributed by atoms with Gasteiger partial charge >= 0.3 is 5.97 Å². The van der Waals surface area contributed by atoms with Crippen LogP contribution in [0.15, 0.2) is 0 Å². The SMILES string of the molecule is N#CCCCCN1CCOC(CC(=O)O)C1. The number of unbranched alkanes of at least 4 members (excludes halogenated alkanes) is 2. The lowest BCUT2D eigenvalue weighted by atomic mass is 10.2. The van der Waals surface area contributed by atoms with Crippen molar-refractivity contribution >= 4 is 5.97 Å². The Morgan fingerprint density at radius 2 is 2.38 bits per heavy atom. The van der Waals surface area contributed by atoms with E-state index < -0.39 is 5.97 Å². The zero-order valence-corrected chi connectivity index (χ0v) is 9.39. The third-order valence-electron chi connectivity index (χ3n) is 2.64. The van der Waals surface area contributed by atoms with Gasteiger partial charge in [-0.05, 0) is 19.4 Å². The lowest BCUT2D eigenvalue weighted by Gasteiger charge is -2.32. The summed E-state index contributed by atoms with van der Waals surface area (Å²) in [5, 5.41) is 17.1. The zero-order chi connectivity index (χ0) is 11.8. The van der Waals surface area contributed by atoms with Gasteiger partial charge in [0.25, 0.3) is 0 Å². The minimum atomic E-state index is -0.809. The van der Waals surface area contributed by atoms with Crippen molar-refractivity contribution in [2.45, 2.75) is 31.8 Å². The fourth-order valence-corrected chi connectivity index (χ4v) is 1.84. The van der Waals surface area contributed by atoms with Gasteiger partial charge in [-0.15, -0.1) is 0 Å². The average molecular weight is 226 g/mol. The van der Waals surface area contributed by atoms with Gasteiger partial charge in [0.1, 0.15) is 0 Å². The van der Waals surface area contributed by atoms with Gasteiger partial charge in [0.05, 0.1) is 25.2 Å². The van der Waals surface area contributed by atoms with Crippen molar-refractivity contribution in [2.75, 3.05) is 26.2 Å². The Hall–Kier alpha value is -1.12. The lowest BCUT2D eigenvalue weighted by Crippen LogP contribution is -2.43. The first-order valence-electron chi connectivity index (χ1n) is 5.65. The molecule has 90 valence electrons. The van der Waals surface area contributed by atoms with E-state index in [0.717, 1.165) is 25.9 Å². The third-order valence-corrected chi connectivity index (χ3v) is 2.64. The first-order chi connectivity index (χ1) is 7.72. The van der Waals surface area contributed by atoms with Crippen molar-refractivity contribution in [3.8, 4) is 6.07 Å². The summed E-state index contributed by atoms with van der Waals surface area (Å²) in [7, 11) is 0. The number of hydrogen-bond acceptors (Lipinski definition) is 4. The minimum Gasteiger partial charge on any atom is -0.481 e. The van der Waals surface area contributed by atoms with E-state index in [0.29, 0.717) is 19.6 Å². The molecule has 1 saturated heterocycles. The highest BCUT2D eigenvalue weighted by molar-refractivity contribution is 5.67. The standard InChI is InChI=1S/C11H18N2O3/c12-4-2-1-3-5-13-6-7-16-10(9-13)8-11(14)15/h10H,1-3,5-9H2,(H,14,15). The van der Waals surface area contributed by atoms with Crippen molar-refractivity contribution < 1.29 is 14.6 Å². The van der Waals surface area contributed by atoms with Gasteiger partial charge in [0, 0.05) is 19.5 Å². The highest BCUT2D eigenvalue weighted by atomic mass is 16.5. The van der Waals surface area contributed by atoms with Gasteiger partial charge < -0.3 is 9.84 Å². The van der Waals surface area contributed by atoms with Crippen LogP contribution in [0.5, 0.6) is 0 Å². The largest absolute Gasteiger partial charge is 0.481 e. The van der Waals surface area contributed by atoms with E-state index in [1.54, 1.807) is 0 Å².